The molecule has 3 aliphatic rings. The summed E-state index contributed by atoms with van der Waals surface area (Å²) in [6, 6.07) is 7.30. The molecule has 1 aromatic rings. The Hall–Kier alpha value is -1.24. The van der Waals surface area contributed by atoms with E-state index in [1.165, 1.54) is 16.9 Å². The van der Waals surface area contributed by atoms with E-state index in [0.29, 0.717) is 6.04 Å². The van der Waals surface area contributed by atoms with Gasteiger partial charge in [-0.3, -0.25) is 4.99 Å². The fraction of sp³-hybridized carbons (Fsp3) is 0.588. The highest BCUT2D eigenvalue weighted by Crippen LogP contribution is 2.37. The molecule has 0 radical (unpaired) electrons. The van der Waals surface area contributed by atoms with E-state index in [1.807, 2.05) is 0 Å². The van der Waals surface area contributed by atoms with Crippen LogP contribution in [0.3, 0.4) is 0 Å². The molecule has 6 heteroatoms. The van der Waals surface area contributed by atoms with E-state index in [0.717, 1.165) is 43.3 Å². The van der Waals surface area contributed by atoms with Crippen LogP contribution in [0.2, 0.25) is 0 Å². The van der Waals surface area contributed by atoms with Gasteiger partial charge < -0.3 is 20.5 Å². The lowest BCUT2D eigenvalue weighted by Gasteiger charge is -2.25. The van der Waals surface area contributed by atoms with Crippen molar-refractivity contribution < 1.29 is 9.84 Å². The lowest BCUT2D eigenvalue weighted by molar-refractivity contribution is 0.0904. The zero-order valence-corrected chi connectivity index (χ0v) is 13.9. The summed E-state index contributed by atoms with van der Waals surface area (Å²) in [4.78, 5) is 4.65. The topological polar surface area (TPSA) is 65.9 Å². The van der Waals surface area contributed by atoms with E-state index >= 15 is 0 Å². The number of nitrogens with zero attached hydrogens (tertiary/aromatic N) is 1. The van der Waals surface area contributed by atoms with Crippen LogP contribution in [-0.4, -0.2) is 53.8 Å². The second-order valence-corrected chi connectivity index (χ2v) is 7.43. The smallest absolute Gasteiger partial charge is 0.0908 e. The first-order valence-electron chi connectivity index (χ1n) is 8.37. The number of aliphatic imine (C=N–C) groups is 1. The molecule has 1 unspecified atom stereocenters. The number of nitrogens with one attached hydrogen (secondary N) is 2. The fourth-order valence-corrected chi connectivity index (χ4v) is 4.55. The van der Waals surface area contributed by atoms with Gasteiger partial charge in [0.2, 0.25) is 0 Å². The molecular weight excluding hydrogens is 310 g/mol. The van der Waals surface area contributed by atoms with Gasteiger partial charge in [0.15, 0.2) is 0 Å². The SMILES string of the molecule is OC[C@@H]1CSC(C2Cc3cccc(NC4CCOCC4)c3N2)=N1. The summed E-state index contributed by atoms with van der Waals surface area (Å²) in [7, 11) is 0. The quantitative estimate of drug-likeness (QED) is 0.788. The van der Waals surface area contributed by atoms with Gasteiger partial charge >= 0.3 is 0 Å². The Balaban J connectivity index is 1.49. The van der Waals surface area contributed by atoms with Crippen molar-refractivity contribution in [1.82, 2.24) is 0 Å². The van der Waals surface area contributed by atoms with Crippen LogP contribution in [0.25, 0.3) is 0 Å². The highest BCUT2D eigenvalue weighted by molar-refractivity contribution is 8.14. The van der Waals surface area contributed by atoms with Crippen molar-refractivity contribution in [3.8, 4) is 0 Å². The van der Waals surface area contributed by atoms with E-state index in [1.54, 1.807) is 11.8 Å². The fourth-order valence-electron chi connectivity index (χ4n) is 3.44. The summed E-state index contributed by atoms with van der Waals surface area (Å²) < 4.78 is 5.44. The summed E-state index contributed by atoms with van der Waals surface area (Å²) in [5.74, 6) is 0.896. The van der Waals surface area contributed by atoms with E-state index in [9.17, 15) is 5.11 Å². The molecule has 23 heavy (non-hydrogen) atoms. The number of hydrogen-bond donors (Lipinski definition) is 3. The third-order valence-corrected chi connectivity index (χ3v) is 5.95. The van der Waals surface area contributed by atoms with Gasteiger partial charge in [-0.05, 0) is 24.5 Å². The molecule has 3 aliphatic heterocycles. The Bertz CT molecular complexity index is 602. The number of thioether (sulfide) groups is 1. The number of fused-ring (bicyclic) bond motifs is 1. The minimum absolute atomic E-state index is 0.0698. The predicted molar refractivity (Wildman–Crippen MR) is 95.8 cm³/mol. The first-order chi connectivity index (χ1) is 11.3. The summed E-state index contributed by atoms with van der Waals surface area (Å²) >= 11 is 1.78. The highest BCUT2D eigenvalue weighted by atomic mass is 32.2. The second-order valence-electron chi connectivity index (χ2n) is 6.39. The number of aliphatic hydroxyl groups is 1. The molecule has 3 heterocycles. The molecule has 0 amide bonds. The van der Waals surface area contributed by atoms with Gasteiger partial charge in [-0.2, -0.15) is 0 Å². The van der Waals surface area contributed by atoms with E-state index in [2.05, 4.69) is 33.8 Å². The molecule has 0 saturated carbocycles. The van der Waals surface area contributed by atoms with Gasteiger partial charge in [0, 0.05) is 31.4 Å². The minimum atomic E-state index is 0.0698. The Kier molecular flexibility index (Phi) is 4.46. The number of rotatable bonds is 4. The normalized spacial score (nSPS) is 27.4. The zero-order valence-electron chi connectivity index (χ0n) is 13.1. The lowest BCUT2D eigenvalue weighted by Crippen LogP contribution is -2.28. The molecule has 3 N–H and O–H groups in total. The van der Waals surface area contributed by atoms with E-state index < -0.39 is 0 Å². The summed E-state index contributed by atoms with van der Waals surface area (Å²) in [6.07, 6.45) is 3.10. The number of aliphatic hydroxyl groups excluding tert-OH is 1. The first-order valence-corrected chi connectivity index (χ1v) is 9.36. The Morgan fingerprint density at radius 1 is 1.35 bits per heavy atom. The maximum absolute atomic E-state index is 9.27. The van der Waals surface area contributed by atoms with Crippen molar-refractivity contribution in [2.75, 3.05) is 36.2 Å². The van der Waals surface area contributed by atoms with Crippen LogP contribution in [-0.2, 0) is 11.2 Å². The highest BCUT2D eigenvalue weighted by Gasteiger charge is 2.31. The van der Waals surface area contributed by atoms with Crippen molar-refractivity contribution >= 4 is 28.2 Å². The van der Waals surface area contributed by atoms with Crippen LogP contribution in [0.4, 0.5) is 11.4 Å². The van der Waals surface area contributed by atoms with Gasteiger partial charge in [-0.25, -0.2) is 0 Å². The summed E-state index contributed by atoms with van der Waals surface area (Å²) in [6.45, 7) is 1.84. The van der Waals surface area contributed by atoms with Crippen LogP contribution in [0.5, 0.6) is 0 Å². The maximum atomic E-state index is 9.27. The van der Waals surface area contributed by atoms with Gasteiger partial charge in [0.05, 0.1) is 35.1 Å². The van der Waals surface area contributed by atoms with Crippen molar-refractivity contribution in [3.63, 3.8) is 0 Å². The van der Waals surface area contributed by atoms with Gasteiger partial charge in [-0.1, -0.05) is 12.1 Å². The zero-order chi connectivity index (χ0) is 15.6. The average Bonchev–Trinajstić information content (AvgIpc) is 3.23. The number of para-hydroxylation sites is 1. The van der Waals surface area contributed by atoms with Crippen molar-refractivity contribution in [2.45, 2.75) is 37.4 Å². The lowest BCUT2D eigenvalue weighted by atomic mass is 10.1. The molecule has 4 rings (SSSR count). The minimum Gasteiger partial charge on any atom is -0.394 e. The predicted octanol–water partition coefficient (Wildman–Crippen LogP) is 2.12. The Labute approximate surface area is 140 Å². The second kappa shape index (κ2) is 6.71. The van der Waals surface area contributed by atoms with Crippen LogP contribution < -0.4 is 10.6 Å². The monoisotopic (exact) mass is 333 g/mol. The molecule has 5 nitrogen and oxygen atoms in total. The molecule has 1 aromatic carbocycles. The molecule has 124 valence electrons. The maximum Gasteiger partial charge on any atom is 0.0908 e. The first kappa shape index (κ1) is 15.3. The Morgan fingerprint density at radius 3 is 3.00 bits per heavy atom. The van der Waals surface area contributed by atoms with Crippen molar-refractivity contribution in [2.24, 2.45) is 4.99 Å². The third kappa shape index (κ3) is 3.20. The van der Waals surface area contributed by atoms with Crippen molar-refractivity contribution in [3.05, 3.63) is 23.8 Å². The Morgan fingerprint density at radius 2 is 2.22 bits per heavy atom. The number of anilines is 2. The number of hydrogen-bond acceptors (Lipinski definition) is 6. The molecule has 0 aliphatic carbocycles. The van der Waals surface area contributed by atoms with Crippen LogP contribution >= 0.6 is 11.8 Å². The number of ether oxygens (including phenoxy) is 1. The molecule has 0 spiro atoms. The van der Waals surface area contributed by atoms with E-state index in [4.69, 9.17) is 4.74 Å². The largest absolute Gasteiger partial charge is 0.394 e. The third-order valence-electron chi connectivity index (χ3n) is 4.72. The van der Waals surface area contributed by atoms with Crippen LogP contribution in [0.15, 0.2) is 23.2 Å². The molecule has 2 atom stereocenters. The van der Waals surface area contributed by atoms with Gasteiger partial charge in [0.25, 0.3) is 0 Å². The standard InChI is InChI=1S/C17H23N3O2S/c21-9-13-10-23-17(19-13)15-8-11-2-1-3-14(16(11)20-15)18-12-4-6-22-7-5-12/h1-3,12-13,15,18,20-21H,4-10H2/t13-,15?/m1/s1. The molecule has 1 fully saturated rings. The molecule has 0 bridgehead atoms. The molecule has 0 aromatic heterocycles. The van der Waals surface area contributed by atoms with Crippen molar-refractivity contribution in [1.29, 1.82) is 0 Å². The summed E-state index contributed by atoms with van der Waals surface area (Å²) in [5, 5.41) is 17.7. The van der Waals surface area contributed by atoms with Gasteiger partial charge in [0.1, 0.15) is 0 Å². The average molecular weight is 333 g/mol. The number of benzene rings is 1. The van der Waals surface area contributed by atoms with Crippen LogP contribution in [0.1, 0.15) is 18.4 Å². The van der Waals surface area contributed by atoms with E-state index in [-0.39, 0.29) is 18.7 Å². The summed E-state index contributed by atoms with van der Waals surface area (Å²) in [5.41, 5.74) is 3.77. The molecular formula is C17H23N3O2S. The molecule has 1 saturated heterocycles. The van der Waals surface area contributed by atoms with Crippen LogP contribution in [0, 0.1) is 0 Å². The van der Waals surface area contributed by atoms with Gasteiger partial charge in [-0.15, -0.1) is 11.8 Å².